The zero-order valence-electron chi connectivity index (χ0n) is 17.5. The quantitative estimate of drug-likeness (QED) is 0.726. The highest BCUT2D eigenvalue weighted by atomic mass is 32.2. The number of sulfonamides is 1. The summed E-state index contributed by atoms with van der Waals surface area (Å²) in [5.41, 5.74) is 1.18. The molecule has 2 heterocycles. The van der Waals surface area contributed by atoms with Gasteiger partial charge in [0.15, 0.2) is 0 Å². The van der Waals surface area contributed by atoms with E-state index in [2.05, 4.69) is 10.3 Å². The Morgan fingerprint density at radius 3 is 2.40 bits per heavy atom. The maximum atomic E-state index is 12.9. The largest absolute Gasteiger partial charge is 0.475 e. The van der Waals surface area contributed by atoms with E-state index < -0.39 is 10.0 Å². The number of nitrogens with zero attached hydrogens (tertiary/aromatic N) is 2. The van der Waals surface area contributed by atoms with E-state index >= 15 is 0 Å². The van der Waals surface area contributed by atoms with Crippen LogP contribution < -0.4 is 10.1 Å². The van der Waals surface area contributed by atoms with Gasteiger partial charge in [0, 0.05) is 37.0 Å². The van der Waals surface area contributed by atoms with Gasteiger partial charge in [-0.05, 0) is 57.0 Å². The molecule has 1 aliphatic rings. The van der Waals surface area contributed by atoms with Crippen molar-refractivity contribution in [2.24, 2.45) is 0 Å². The molecule has 0 radical (unpaired) electrons. The van der Waals surface area contributed by atoms with Gasteiger partial charge >= 0.3 is 0 Å². The van der Waals surface area contributed by atoms with Crippen molar-refractivity contribution in [1.82, 2.24) is 14.6 Å². The number of amides is 1. The molecular weight excluding hydrogens is 402 g/mol. The maximum Gasteiger partial charge on any atom is 0.251 e. The minimum absolute atomic E-state index is 0.0203. The van der Waals surface area contributed by atoms with Crippen molar-refractivity contribution in [2.75, 3.05) is 13.1 Å². The Kier molecular flexibility index (Phi) is 7.44. The van der Waals surface area contributed by atoms with E-state index in [1.165, 1.54) is 12.1 Å². The number of benzene rings is 1. The van der Waals surface area contributed by atoms with E-state index in [1.807, 2.05) is 19.9 Å². The molecule has 1 fully saturated rings. The van der Waals surface area contributed by atoms with Gasteiger partial charge in [-0.25, -0.2) is 13.4 Å². The van der Waals surface area contributed by atoms with Crippen molar-refractivity contribution in [3.63, 3.8) is 0 Å². The second-order valence-corrected chi connectivity index (χ2v) is 9.60. The van der Waals surface area contributed by atoms with E-state index in [-0.39, 0.29) is 23.5 Å². The fraction of sp³-hybridized carbons (Fsp3) is 0.455. The highest BCUT2D eigenvalue weighted by Gasteiger charge is 2.25. The first kappa shape index (κ1) is 22.2. The predicted octanol–water partition coefficient (Wildman–Crippen LogP) is 3.36. The van der Waals surface area contributed by atoms with E-state index in [9.17, 15) is 13.2 Å². The van der Waals surface area contributed by atoms with E-state index in [1.54, 1.807) is 28.7 Å². The summed E-state index contributed by atoms with van der Waals surface area (Å²) in [4.78, 5) is 17.0. The Hall–Kier alpha value is -2.45. The molecule has 0 saturated carbocycles. The van der Waals surface area contributed by atoms with Gasteiger partial charge in [-0.3, -0.25) is 4.79 Å². The van der Waals surface area contributed by atoms with Crippen LogP contribution in [0.1, 0.15) is 55.5 Å². The molecular formula is C22H29N3O4S. The number of rotatable bonds is 7. The highest BCUT2D eigenvalue weighted by molar-refractivity contribution is 7.89. The van der Waals surface area contributed by atoms with E-state index in [0.29, 0.717) is 24.5 Å². The summed E-state index contributed by atoms with van der Waals surface area (Å²) in [6, 6.07) is 9.75. The summed E-state index contributed by atoms with van der Waals surface area (Å²) in [7, 11) is -3.52. The predicted molar refractivity (Wildman–Crippen MR) is 115 cm³/mol. The highest BCUT2D eigenvalue weighted by Crippen LogP contribution is 2.21. The number of nitrogens with one attached hydrogen (secondary N) is 1. The van der Waals surface area contributed by atoms with Crippen molar-refractivity contribution in [3.05, 3.63) is 53.7 Å². The molecule has 1 aliphatic heterocycles. The number of pyridine rings is 1. The Labute approximate surface area is 178 Å². The summed E-state index contributed by atoms with van der Waals surface area (Å²) in [5, 5.41) is 2.84. The summed E-state index contributed by atoms with van der Waals surface area (Å²) in [6.45, 7) is 5.20. The molecule has 0 spiro atoms. The van der Waals surface area contributed by atoms with E-state index in [4.69, 9.17) is 4.74 Å². The molecule has 3 rings (SSSR count). The summed E-state index contributed by atoms with van der Waals surface area (Å²) in [5.74, 6) is 0.208. The molecule has 0 bridgehead atoms. The molecule has 1 N–H and O–H groups in total. The lowest BCUT2D eigenvalue weighted by molar-refractivity contribution is 0.0950. The zero-order chi connectivity index (χ0) is 21.6. The second kappa shape index (κ2) is 10.0. The molecule has 30 heavy (non-hydrogen) atoms. The second-order valence-electron chi connectivity index (χ2n) is 7.66. The molecule has 1 aromatic carbocycles. The molecule has 0 unspecified atom stereocenters. The molecule has 1 aromatic heterocycles. The van der Waals surface area contributed by atoms with Crippen LogP contribution in [0.5, 0.6) is 5.88 Å². The topological polar surface area (TPSA) is 88.6 Å². The van der Waals surface area contributed by atoms with Gasteiger partial charge < -0.3 is 10.1 Å². The molecule has 162 valence electrons. The van der Waals surface area contributed by atoms with Gasteiger partial charge in [-0.2, -0.15) is 4.31 Å². The fourth-order valence-electron chi connectivity index (χ4n) is 3.37. The van der Waals surface area contributed by atoms with Crippen LogP contribution in [0.3, 0.4) is 0 Å². The van der Waals surface area contributed by atoms with Gasteiger partial charge in [-0.15, -0.1) is 0 Å². The first-order valence-electron chi connectivity index (χ1n) is 10.4. The molecule has 0 atom stereocenters. The van der Waals surface area contributed by atoms with Crippen LogP contribution in [0.4, 0.5) is 0 Å². The molecule has 7 nitrogen and oxygen atoms in total. The summed E-state index contributed by atoms with van der Waals surface area (Å²) in [6.07, 6.45) is 5.52. The van der Waals surface area contributed by atoms with Crippen LogP contribution >= 0.6 is 0 Å². The van der Waals surface area contributed by atoms with Crippen LogP contribution in [0.25, 0.3) is 0 Å². The number of hydrogen-bond donors (Lipinski definition) is 1. The maximum absolute atomic E-state index is 12.9. The first-order valence-corrected chi connectivity index (χ1v) is 11.8. The van der Waals surface area contributed by atoms with Crippen LogP contribution in [-0.2, 0) is 16.6 Å². The average molecular weight is 432 g/mol. The van der Waals surface area contributed by atoms with Crippen molar-refractivity contribution in [2.45, 2.75) is 57.1 Å². The Morgan fingerprint density at radius 2 is 1.77 bits per heavy atom. The monoisotopic (exact) mass is 431 g/mol. The normalized spacial score (nSPS) is 15.6. The number of carbonyl (C=O) groups is 1. The van der Waals surface area contributed by atoms with Crippen molar-refractivity contribution >= 4 is 15.9 Å². The van der Waals surface area contributed by atoms with Crippen molar-refractivity contribution in [3.8, 4) is 5.88 Å². The number of ether oxygens (including phenoxy) is 1. The van der Waals surface area contributed by atoms with Crippen LogP contribution in [0, 0.1) is 0 Å². The average Bonchev–Trinajstić information content (AvgIpc) is 3.03. The van der Waals surface area contributed by atoms with Crippen LogP contribution in [0.15, 0.2) is 47.5 Å². The van der Waals surface area contributed by atoms with Gasteiger partial charge in [0.1, 0.15) is 0 Å². The zero-order valence-corrected chi connectivity index (χ0v) is 18.3. The molecule has 0 aliphatic carbocycles. The third-order valence-corrected chi connectivity index (χ3v) is 6.87. The standard InChI is InChI=1S/C22H29N3O4S/c1-17(2)29-22-19(8-7-13-23-22)16-24-21(26)18-9-11-20(12-10-18)30(27,28)25-14-5-3-4-6-15-25/h7-13,17H,3-6,14-16H2,1-2H3,(H,24,26). The van der Waals surface area contributed by atoms with Gasteiger partial charge in [-0.1, -0.05) is 18.9 Å². The number of aromatic nitrogens is 1. The summed E-state index contributed by atoms with van der Waals surface area (Å²) < 4.78 is 32.9. The first-order chi connectivity index (χ1) is 14.4. The van der Waals surface area contributed by atoms with Crippen molar-refractivity contribution in [1.29, 1.82) is 0 Å². The minimum atomic E-state index is -3.52. The Morgan fingerprint density at radius 1 is 1.10 bits per heavy atom. The fourth-order valence-corrected chi connectivity index (χ4v) is 4.89. The van der Waals surface area contributed by atoms with Crippen molar-refractivity contribution < 1.29 is 17.9 Å². The SMILES string of the molecule is CC(C)Oc1ncccc1CNC(=O)c1ccc(S(=O)(=O)N2CCCCCC2)cc1. The van der Waals surface area contributed by atoms with E-state index in [0.717, 1.165) is 31.2 Å². The third-order valence-electron chi connectivity index (χ3n) is 4.96. The number of carbonyl (C=O) groups excluding carboxylic acids is 1. The van der Waals surface area contributed by atoms with Crippen LogP contribution in [-0.4, -0.2) is 42.8 Å². The van der Waals surface area contributed by atoms with Gasteiger partial charge in [0.2, 0.25) is 15.9 Å². The Balaban J connectivity index is 1.66. The van der Waals surface area contributed by atoms with Gasteiger partial charge in [0.25, 0.3) is 5.91 Å². The lowest BCUT2D eigenvalue weighted by Gasteiger charge is -2.20. The smallest absolute Gasteiger partial charge is 0.251 e. The molecule has 8 heteroatoms. The summed E-state index contributed by atoms with van der Waals surface area (Å²) >= 11 is 0. The lowest BCUT2D eigenvalue weighted by atomic mass is 10.2. The molecule has 1 amide bonds. The molecule has 2 aromatic rings. The Bertz CT molecular complexity index is 951. The third kappa shape index (κ3) is 5.58. The van der Waals surface area contributed by atoms with Gasteiger partial charge in [0.05, 0.1) is 11.0 Å². The minimum Gasteiger partial charge on any atom is -0.475 e. The van der Waals surface area contributed by atoms with Crippen LogP contribution in [0.2, 0.25) is 0 Å². The lowest BCUT2D eigenvalue weighted by Crippen LogP contribution is -2.32. The molecule has 1 saturated heterocycles. The number of hydrogen-bond acceptors (Lipinski definition) is 5.